The van der Waals surface area contributed by atoms with Crippen LogP contribution in [-0.2, 0) is 14.8 Å². The number of hydrogen-bond donors (Lipinski definition) is 1. The summed E-state index contributed by atoms with van der Waals surface area (Å²) in [5.41, 5.74) is 0.571. The van der Waals surface area contributed by atoms with E-state index in [0.29, 0.717) is 37.7 Å². The number of benzene rings is 2. The molecule has 2 heterocycles. The molecule has 9 heteroatoms. The summed E-state index contributed by atoms with van der Waals surface area (Å²) in [6.07, 6.45) is 3.71. The number of fused-ring (bicyclic) bond motifs is 1. The fraction of sp³-hybridized carbons (Fsp3) is 0.409. The van der Waals surface area contributed by atoms with Crippen LogP contribution in [0.2, 0.25) is 0 Å². The van der Waals surface area contributed by atoms with E-state index in [2.05, 4.69) is 5.32 Å². The van der Waals surface area contributed by atoms with Crippen LogP contribution in [-0.4, -0.2) is 50.7 Å². The number of nitrogens with zero attached hydrogens (tertiary/aromatic N) is 1. The summed E-state index contributed by atoms with van der Waals surface area (Å²) < 4.78 is 38.3. The molecule has 1 amide bonds. The quantitative estimate of drug-likeness (QED) is 0.658. The summed E-state index contributed by atoms with van der Waals surface area (Å²) in [6, 6.07) is 12.0. The molecule has 0 radical (unpaired) electrons. The first kappa shape index (κ1) is 22.0. The van der Waals surface area contributed by atoms with E-state index >= 15 is 0 Å². The second-order valence-electron chi connectivity index (χ2n) is 7.48. The maximum Gasteiger partial charge on any atom is 0.243 e. The van der Waals surface area contributed by atoms with E-state index in [1.807, 2.05) is 18.2 Å². The predicted molar refractivity (Wildman–Crippen MR) is 120 cm³/mol. The Morgan fingerprint density at radius 3 is 2.39 bits per heavy atom. The molecule has 0 bridgehead atoms. The van der Waals surface area contributed by atoms with Gasteiger partial charge in [-0.1, -0.05) is 6.42 Å². The zero-order chi connectivity index (χ0) is 21.7. The van der Waals surface area contributed by atoms with Gasteiger partial charge in [-0.25, -0.2) is 8.42 Å². The minimum atomic E-state index is -3.47. The average molecular weight is 463 g/mol. The SMILES string of the molecule is O=C(CSc1ccc2c(c1)OCCCO2)Nc1ccc(S(=O)(=O)N2CCCCC2)cc1. The molecule has 1 N–H and O–H groups in total. The molecular weight excluding hydrogens is 436 g/mol. The van der Waals surface area contributed by atoms with Crippen molar-refractivity contribution in [3.8, 4) is 11.5 Å². The second kappa shape index (κ2) is 9.93. The van der Waals surface area contributed by atoms with Gasteiger partial charge >= 0.3 is 0 Å². The minimum absolute atomic E-state index is 0.163. The van der Waals surface area contributed by atoms with Crippen molar-refractivity contribution >= 4 is 33.4 Å². The van der Waals surface area contributed by atoms with Crippen LogP contribution in [0, 0.1) is 0 Å². The Hall–Kier alpha value is -2.23. The molecule has 0 aliphatic carbocycles. The van der Waals surface area contributed by atoms with Gasteiger partial charge in [0.25, 0.3) is 0 Å². The number of nitrogens with one attached hydrogen (secondary N) is 1. The molecule has 1 saturated heterocycles. The molecule has 0 unspecified atom stereocenters. The third-order valence-corrected chi connectivity index (χ3v) is 8.09. The molecular formula is C22H26N2O5S2. The van der Waals surface area contributed by atoms with E-state index in [9.17, 15) is 13.2 Å². The highest BCUT2D eigenvalue weighted by Gasteiger charge is 2.25. The molecule has 2 aromatic rings. The van der Waals surface area contributed by atoms with Crippen molar-refractivity contribution in [1.29, 1.82) is 0 Å². The summed E-state index contributed by atoms with van der Waals surface area (Å²) in [5.74, 6) is 1.50. The van der Waals surface area contributed by atoms with Crippen molar-refractivity contribution in [2.75, 3.05) is 37.4 Å². The van der Waals surface area contributed by atoms with Gasteiger partial charge in [0, 0.05) is 30.1 Å². The highest BCUT2D eigenvalue weighted by Crippen LogP contribution is 2.34. The normalized spacial score (nSPS) is 17.0. The van der Waals surface area contributed by atoms with Gasteiger partial charge in [0.15, 0.2) is 11.5 Å². The van der Waals surface area contributed by atoms with Gasteiger partial charge in [-0.15, -0.1) is 11.8 Å². The largest absolute Gasteiger partial charge is 0.490 e. The topological polar surface area (TPSA) is 84.9 Å². The summed E-state index contributed by atoms with van der Waals surface area (Å²) >= 11 is 1.40. The van der Waals surface area contributed by atoms with E-state index in [-0.39, 0.29) is 16.6 Å². The zero-order valence-electron chi connectivity index (χ0n) is 17.2. The number of anilines is 1. The van der Waals surface area contributed by atoms with Crippen LogP contribution < -0.4 is 14.8 Å². The Bertz CT molecular complexity index is 1020. The number of piperidine rings is 1. The molecule has 4 rings (SSSR count). The lowest BCUT2D eigenvalue weighted by molar-refractivity contribution is -0.113. The number of hydrogen-bond acceptors (Lipinski definition) is 6. The van der Waals surface area contributed by atoms with Crippen LogP contribution in [0.5, 0.6) is 11.5 Å². The van der Waals surface area contributed by atoms with Crippen LogP contribution in [0.25, 0.3) is 0 Å². The first-order chi connectivity index (χ1) is 15.0. The Kier molecular flexibility index (Phi) is 7.04. The van der Waals surface area contributed by atoms with Crippen LogP contribution in [0.15, 0.2) is 52.3 Å². The van der Waals surface area contributed by atoms with E-state index in [4.69, 9.17) is 9.47 Å². The Balaban J connectivity index is 1.32. The fourth-order valence-electron chi connectivity index (χ4n) is 3.54. The van der Waals surface area contributed by atoms with Gasteiger partial charge < -0.3 is 14.8 Å². The molecule has 2 aromatic carbocycles. The molecule has 7 nitrogen and oxygen atoms in total. The molecule has 0 saturated carbocycles. The van der Waals surface area contributed by atoms with E-state index in [0.717, 1.165) is 36.3 Å². The Labute approximate surface area is 187 Å². The van der Waals surface area contributed by atoms with Gasteiger partial charge in [-0.05, 0) is 55.3 Å². The van der Waals surface area contributed by atoms with Crippen LogP contribution in [0.4, 0.5) is 5.69 Å². The number of carbonyl (C=O) groups excluding carboxylic acids is 1. The van der Waals surface area contributed by atoms with Crippen molar-refractivity contribution < 1.29 is 22.7 Å². The van der Waals surface area contributed by atoms with Crippen molar-refractivity contribution in [3.05, 3.63) is 42.5 Å². The van der Waals surface area contributed by atoms with Gasteiger partial charge in [0.05, 0.1) is 23.9 Å². The Morgan fingerprint density at radius 2 is 1.65 bits per heavy atom. The van der Waals surface area contributed by atoms with Gasteiger partial charge in [-0.3, -0.25) is 4.79 Å². The second-order valence-corrected chi connectivity index (χ2v) is 10.5. The maximum absolute atomic E-state index is 12.7. The summed E-state index contributed by atoms with van der Waals surface area (Å²) in [5, 5.41) is 2.82. The first-order valence-corrected chi connectivity index (χ1v) is 12.9. The number of amides is 1. The highest BCUT2D eigenvalue weighted by atomic mass is 32.2. The van der Waals surface area contributed by atoms with E-state index < -0.39 is 10.0 Å². The summed E-state index contributed by atoms with van der Waals surface area (Å²) in [7, 11) is -3.47. The zero-order valence-corrected chi connectivity index (χ0v) is 18.8. The lowest BCUT2D eigenvalue weighted by Crippen LogP contribution is -2.35. The van der Waals surface area contributed by atoms with Crippen molar-refractivity contribution in [3.63, 3.8) is 0 Å². The first-order valence-electron chi connectivity index (χ1n) is 10.4. The molecule has 1 fully saturated rings. The minimum Gasteiger partial charge on any atom is -0.490 e. The van der Waals surface area contributed by atoms with E-state index in [1.165, 1.54) is 16.1 Å². The van der Waals surface area contributed by atoms with Crippen LogP contribution in [0.1, 0.15) is 25.7 Å². The van der Waals surface area contributed by atoms with Crippen molar-refractivity contribution in [2.45, 2.75) is 35.5 Å². The maximum atomic E-state index is 12.7. The fourth-order valence-corrected chi connectivity index (χ4v) is 5.79. The monoisotopic (exact) mass is 462 g/mol. The number of sulfonamides is 1. The van der Waals surface area contributed by atoms with Crippen molar-refractivity contribution in [2.24, 2.45) is 0 Å². The molecule has 0 spiro atoms. The molecule has 2 aliphatic rings. The van der Waals surface area contributed by atoms with Gasteiger partial charge in [-0.2, -0.15) is 4.31 Å². The third-order valence-electron chi connectivity index (χ3n) is 5.18. The predicted octanol–water partition coefficient (Wildman–Crippen LogP) is 3.75. The van der Waals surface area contributed by atoms with Crippen LogP contribution >= 0.6 is 11.8 Å². The number of ether oxygens (including phenoxy) is 2. The highest BCUT2D eigenvalue weighted by molar-refractivity contribution is 8.00. The van der Waals surface area contributed by atoms with Crippen LogP contribution in [0.3, 0.4) is 0 Å². The van der Waals surface area contributed by atoms with Crippen molar-refractivity contribution in [1.82, 2.24) is 4.31 Å². The lowest BCUT2D eigenvalue weighted by atomic mass is 10.2. The lowest BCUT2D eigenvalue weighted by Gasteiger charge is -2.25. The molecule has 0 aromatic heterocycles. The summed E-state index contributed by atoms with van der Waals surface area (Å²) in [6.45, 7) is 2.39. The number of rotatable bonds is 6. The molecule has 2 aliphatic heterocycles. The third kappa shape index (κ3) is 5.53. The van der Waals surface area contributed by atoms with Gasteiger partial charge in [0.1, 0.15) is 0 Å². The number of carbonyl (C=O) groups is 1. The number of thioether (sulfide) groups is 1. The average Bonchev–Trinajstić information content (AvgIpc) is 3.04. The van der Waals surface area contributed by atoms with E-state index in [1.54, 1.807) is 24.3 Å². The standard InChI is InChI=1S/C22H26N2O5S2/c25-22(16-30-18-7-10-20-21(15-18)29-14-4-13-28-20)23-17-5-8-19(9-6-17)31(26,27)24-11-2-1-3-12-24/h5-10,15H,1-4,11-14,16H2,(H,23,25). The molecule has 166 valence electrons. The molecule has 0 atom stereocenters. The van der Waals surface area contributed by atoms with Gasteiger partial charge in [0.2, 0.25) is 15.9 Å². The molecule has 31 heavy (non-hydrogen) atoms. The summed E-state index contributed by atoms with van der Waals surface area (Å²) in [4.78, 5) is 13.5. The Morgan fingerprint density at radius 1 is 0.935 bits per heavy atom. The smallest absolute Gasteiger partial charge is 0.243 e.